The number of hydrogen-bond donors (Lipinski definition) is 1. The van der Waals surface area contributed by atoms with Gasteiger partial charge in [0.2, 0.25) is 5.95 Å². The zero-order chi connectivity index (χ0) is 18.0. The topological polar surface area (TPSA) is 76.6 Å². The summed E-state index contributed by atoms with van der Waals surface area (Å²) in [6.07, 6.45) is 1.55. The number of nitrogens with zero attached hydrogens (tertiary/aromatic N) is 3. The quantitative estimate of drug-likeness (QED) is 0.912. The largest absolute Gasteiger partial charge is 0.347 e. The molecule has 2 aliphatic heterocycles. The standard InChI is InChI=1S/C19H22N4O3/c1-14-13-16(17(24)21-15-5-3-2-4-6-15)22-18(20-14)23-9-7-19(8-10-23)25-11-12-26-19/h2-6,13H,7-12H2,1H3,(H,21,24). The Labute approximate surface area is 152 Å². The Kier molecular flexibility index (Phi) is 4.57. The molecule has 2 saturated heterocycles. The Bertz CT molecular complexity index is 781. The summed E-state index contributed by atoms with van der Waals surface area (Å²) in [6.45, 7) is 4.67. The van der Waals surface area contributed by atoms with Gasteiger partial charge < -0.3 is 19.7 Å². The number of amides is 1. The summed E-state index contributed by atoms with van der Waals surface area (Å²) in [5.41, 5.74) is 1.87. The predicted octanol–water partition coefficient (Wildman–Crippen LogP) is 2.38. The molecule has 0 aliphatic carbocycles. The molecule has 0 saturated carbocycles. The van der Waals surface area contributed by atoms with E-state index in [1.165, 1.54) is 0 Å². The number of anilines is 2. The van der Waals surface area contributed by atoms with E-state index >= 15 is 0 Å². The average Bonchev–Trinajstić information content (AvgIpc) is 3.10. The fourth-order valence-corrected chi connectivity index (χ4v) is 3.36. The number of para-hydroxylation sites is 1. The van der Waals surface area contributed by atoms with Crippen LogP contribution in [-0.2, 0) is 9.47 Å². The summed E-state index contributed by atoms with van der Waals surface area (Å²) in [6, 6.07) is 11.1. The minimum Gasteiger partial charge on any atom is -0.347 e. The van der Waals surface area contributed by atoms with Gasteiger partial charge in [-0.05, 0) is 25.1 Å². The number of hydrogen-bond acceptors (Lipinski definition) is 6. The zero-order valence-corrected chi connectivity index (χ0v) is 14.8. The van der Waals surface area contributed by atoms with E-state index in [1.807, 2.05) is 37.3 Å². The van der Waals surface area contributed by atoms with Crippen molar-refractivity contribution in [3.8, 4) is 0 Å². The lowest BCUT2D eigenvalue weighted by molar-refractivity contribution is -0.169. The number of nitrogens with one attached hydrogen (secondary N) is 1. The number of aromatic nitrogens is 2. The van der Waals surface area contributed by atoms with E-state index in [2.05, 4.69) is 20.2 Å². The highest BCUT2D eigenvalue weighted by Crippen LogP contribution is 2.32. The van der Waals surface area contributed by atoms with Crippen molar-refractivity contribution in [1.82, 2.24) is 9.97 Å². The van der Waals surface area contributed by atoms with Crippen molar-refractivity contribution in [3.05, 3.63) is 47.8 Å². The highest BCUT2D eigenvalue weighted by atomic mass is 16.7. The highest BCUT2D eigenvalue weighted by Gasteiger charge is 2.40. The van der Waals surface area contributed by atoms with Gasteiger partial charge in [0.05, 0.1) is 13.2 Å². The predicted molar refractivity (Wildman–Crippen MR) is 97.2 cm³/mol. The van der Waals surface area contributed by atoms with Gasteiger partial charge >= 0.3 is 0 Å². The van der Waals surface area contributed by atoms with Crippen molar-refractivity contribution in [2.45, 2.75) is 25.6 Å². The lowest BCUT2D eigenvalue weighted by atomic mass is 10.0. The second-order valence-corrected chi connectivity index (χ2v) is 6.61. The highest BCUT2D eigenvalue weighted by molar-refractivity contribution is 6.03. The molecule has 1 aromatic heterocycles. The Hall–Kier alpha value is -2.51. The third-order valence-electron chi connectivity index (χ3n) is 4.73. The third-order valence-corrected chi connectivity index (χ3v) is 4.73. The molecule has 136 valence electrons. The van der Waals surface area contributed by atoms with Crippen molar-refractivity contribution < 1.29 is 14.3 Å². The van der Waals surface area contributed by atoms with Gasteiger partial charge in [0, 0.05) is 37.3 Å². The molecular formula is C19H22N4O3. The maximum absolute atomic E-state index is 12.5. The van der Waals surface area contributed by atoms with Gasteiger partial charge in [0.1, 0.15) is 5.69 Å². The first kappa shape index (κ1) is 16.9. The van der Waals surface area contributed by atoms with E-state index < -0.39 is 5.79 Å². The van der Waals surface area contributed by atoms with E-state index in [9.17, 15) is 4.79 Å². The molecule has 0 bridgehead atoms. The summed E-state index contributed by atoms with van der Waals surface area (Å²) < 4.78 is 11.5. The first-order valence-corrected chi connectivity index (χ1v) is 8.89. The van der Waals surface area contributed by atoms with Crippen LogP contribution in [0.15, 0.2) is 36.4 Å². The van der Waals surface area contributed by atoms with Gasteiger partial charge in [-0.2, -0.15) is 0 Å². The molecule has 4 rings (SSSR count). The van der Waals surface area contributed by atoms with Crippen LogP contribution in [0.1, 0.15) is 29.0 Å². The number of benzene rings is 1. The minimum absolute atomic E-state index is 0.237. The average molecular weight is 354 g/mol. The second-order valence-electron chi connectivity index (χ2n) is 6.61. The number of ether oxygens (including phenoxy) is 2. The van der Waals surface area contributed by atoms with Crippen LogP contribution >= 0.6 is 0 Å². The lowest BCUT2D eigenvalue weighted by Crippen LogP contribution is -2.45. The van der Waals surface area contributed by atoms with E-state index in [-0.39, 0.29) is 5.91 Å². The van der Waals surface area contributed by atoms with Crippen LogP contribution in [0.4, 0.5) is 11.6 Å². The number of piperidine rings is 1. The van der Waals surface area contributed by atoms with Gasteiger partial charge in [-0.25, -0.2) is 9.97 Å². The summed E-state index contributed by atoms with van der Waals surface area (Å²) in [4.78, 5) is 23.6. The number of aryl methyl sites for hydroxylation is 1. The van der Waals surface area contributed by atoms with Crippen molar-refractivity contribution in [3.63, 3.8) is 0 Å². The molecule has 2 fully saturated rings. The summed E-state index contributed by atoms with van der Waals surface area (Å²) >= 11 is 0. The van der Waals surface area contributed by atoms with Crippen LogP contribution in [0.25, 0.3) is 0 Å². The van der Waals surface area contributed by atoms with Crippen molar-refractivity contribution in [2.75, 3.05) is 36.5 Å². The second kappa shape index (κ2) is 7.01. The van der Waals surface area contributed by atoms with Gasteiger partial charge in [0.25, 0.3) is 5.91 Å². The fraction of sp³-hybridized carbons (Fsp3) is 0.421. The van der Waals surface area contributed by atoms with E-state index in [1.54, 1.807) is 6.07 Å². The Balaban J connectivity index is 1.48. The normalized spacial score (nSPS) is 18.9. The van der Waals surface area contributed by atoms with Crippen LogP contribution < -0.4 is 10.2 Å². The van der Waals surface area contributed by atoms with Crippen LogP contribution in [0.3, 0.4) is 0 Å². The number of carbonyl (C=O) groups is 1. The molecule has 7 nitrogen and oxygen atoms in total. The summed E-state index contributed by atoms with van der Waals surface area (Å²) in [5.74, 6) is -0.0941. The van der Waals surface area contributed by atoms with Crippen LogP contribution in [0.2, 0.25) is 0 Å². The Morgan fingerprint density at radius 1 is 1.12 bits per heavy atom. The summed E-state index contributed by atoms with van der Waals surface area (Å²) in [7, 11) is 0. The van der Waals surface area contributed by atoms with Gasteiger partial charge in [0.15, 0.2) is 5.79 Å². The molecule has 1 spiro atoms. The molecule has 1 amide bonds. The Morgan fingerprint density at radius 2 is 1.81 bits per heavy atom. The maximum Gasteiger partial charge on any atom is 0.274 e. The molecule has 1 aromatic carbocycles. The van der Waals surface area contributed by atoms with E-state index in [0.717, 1.165) is 37.3 Å². The lowest BCUT2D eigenvalue weighted by Gasteiger charge is -2.37. The van der Waals surface area contributed by atoms with Crippen LogP contribution in [-0.4, -0.2) is 48.0 Å². The molecule has 0 radical (unpaired) electrons. The van der Waals surface area contributed by atoms with Crippen molar-refractivity contribution >= 4 is 17.5 Å². The van der Waals surface area contributed by atoms with Crippen molar-refractivity contribution in [2.24, 2.45) is 0 Å². The Morgan fingerprint density at radius 3 is 2.50 bits per heavy atom. The molecule has 2 aromatic rings. The number of carbonyl (C=O) groups excluding carboxylic acids is 1. The van der Waals surface area contributed by atoms with E-state index in [4.69, 9.17) is 9.47 Å². The molecule has 26 heavy (non-hydrogen) atoms. The molecule has 2 aliphatic rings. The first-order valence-electron chi connectivity index (χ1n) is 8.89. The third kappa shape index (κ3) is 3.54. The van der Waals surface area contributed by atoms with Crippen LogP contribution in [0.5, 0.6) is 0 Å². The molecule has 0 atom stereocenters. The van der Waals surface area contributed by atoms with Crippen LogP contribution in [0, 0.1) is 6.92 Å². The van der Waals surface area contributed by atoms with E-state index in [0.29, 0.717) is 24.9 Å². The molecule has 3 heterocycles. The SMILES string of the molecule is Cc1cc(C(=O)Nc2ccccc2)nc(N2CCC3(CC2)OCCO3)n1. The van der Waals surface area contributed by atoms with Gasteiger partial charge in [-0.1, -0.05) is 18.2 Å². The smallest absolute Gasteiger partial charge is 0.274 e. The van der Waals surface area contributed by atoms with Gasteiger partial charge in [-0.3, -0.25) is 4.79 Å². The molecular weight excluding hydrogens is 332 g/mol. The zero-order valence-electron chi connectivity index (χ0n) is 14.8. The minimum atomic E-state index is -0.437. The monoisotopic (exact) mass is 354 g/mol. The number of rotatable bonds is 3. The molecule has 7 heteroatoms. The molecule has 1 N–H and O–H groups in total. The first-order chi connectivity index (χ1) is 12.6. The van der Waals surface area contributed by atoms with Gasteiger partial charge in [-0.15, -0.1) is 0 Å². The van der Waals surface area contributed by atoms with Crippen molar-refractivity contribution in [1.29, 1.82) is 0 Å². The fourth-order valence-electron chi connectivity index (χ4n) is 3.36. The molecule has 0 unspecified atom stereocenters. The maximum atomic E-state index is 12.5. The summed E-state index contributed by atoms with van der Waals surface area (Å²) in [5, 5.41) is 2.87.